The van der Waals surface area contributed by atoms with Crippen molar-refractivity contribution in [3.8, 4) is 0 Å². The lowest BCUT2D eigenvalue weighted by Crippen LogP contribution is -2.38. The van der Waals surface area contributed by atoms with E-state index in [1.807, 2.05) is 13.8 Å². The van der Waals surface area contributed by atoms with Crippen LogP contribution < -0.4 is 0 Å². The summed E-state index contributed by atoms with van der Waals surface area (Å²) in [5.74, 6) is 0.0153. The van der Waals surface area contributed by atoms with E-state index < -0.39 is 23.9 Å². The number of aliphatic hydroxyl groups is 2. The summed E-state index contributed by atoms with van der Waals surface area (Å²) in [5.41, 5.74) is 4.98. The molecule has 1 heterocycles. The van der Waals surface area contributed by atoms with Crippen LogP contribution in [0.2, 0.25) is 0 Å². The smallest absolute Gasteiger partial charge is 0.388 e. The number of pyridine rings is 1. The zero-order valence-electron chi connectivity index (χ0n) is 19.8. The van der Waals surface area contributed by atoms with E-state index in [-0.39, 0.29) is 11.3 Å². The minimum absolute atomic E-state index is 0.0153. The molecule has 2 atom stereocenters. The molecule has 3 aliphatic rings. The maximum atomic E-state index is 13.1. The van der Waals surface area contributed by atoms with Gasteiger partial charge in [-0.15, -0.1) is 0 Å². The molecule has 1 spiro atoms. The molecule has 2 aromatic rings. The maximum Gasteiger partial charge on any atom is 0.416 e. The molecule has 2 N–H and O–H groups in total. The highest BCUT2D eigenvalue weighted by atomic mass is 19.4. The first-order valence-electron chi connectivity index (χ1n) is 12.4. The molecule has 0 aliphatic heterocycles. The van der Waals surface area contributed by atoms with Gasteiger partial charge in [-0.1, -0.05) is 38.5 Å². The molecule has 1 fully saturated rings. The van der Waals surface area contributed by atoms with Crippen molar-refractivity contribution in [2.24, 2.45) is 5.41 Å². The number of hydrogen-bond donors (Lipinski definition) is 2. The molecule has 0 amide bonds. The van der Waals surface area contributed by atoms with E-state index in [1.54, 1.807) is 0 Å². The van der Waals surface area contributed by atoms with Crippen molar-refractivity contribution >= 4 is 5.57 Å². The number of halogens is 3. The largest absolute Gasteiger partial charge is 0.416 e. The van der Waals surface area contributed by atoms with E-state index in [2.05, 4.69) is 6.08 Å². The molecule has 1 aromatic carbocycles. The molecule has 1 saturated carbocycles. The van der Waals surface area contributed by atoms with Gasteiger partial charge in [-0.05, 0) is 85.1 Å². The zero-order valence-corrected chi connectivity index (χ0v) is 19.8. The lowest BCUT2D eigenvalue weighted by atomic mass is 9.59. The fourth-order valence-electron chi connectivity index (χ4n) is 6.16. The van der Waals surface area contributed by atoms with E-state index in [4.69, 9.17) is 4.98 Å². The number of benzene rings is 1. The van der Waals surface area contributed by atoms with Crippen LogP contribution in [0.15, 0.2) is 30.3 Å². The quantitative estimate of drug-likeness (QED) is 0.504. The third-order valence-corrected chi connectivity index (χ3v) is 8.03. The SMILES string of the molecule is CC(C)c1nc2c(c(C3=CCCC3)c1[C@H](O)c1ccc(C(F)(F)F)cc1)[C@@H](O)CC1(CCC1)C2. The van der Waals surface area contributed by atoms with Crippen LogP contribution >= 0.6 is 0 Å². The fraction of sp³-hybridized carbons (Fsp3) is 0.536. The van der Waals surface area contributed by atoms with Gasteiger partial charge in [0.15, 0.2) is 0 Å². The van der Waals surface area contributed by atoms with E-state index in [0.29, 0.717) is 17.5 Å². The van der Waals surface area contributed by atoms with Crippen LogP contribution in [0.25, 0.3) is 5.57 Å². The van der Waals surface area contributed by atoms with Crippen molar-refractivity contribution in [3.63, 3.8) is 0 Å². The van der Waals surface area contributed by atoms with Crippen molar-refractivity contribution in [2.75, 3.05) is 0 Å². The molecule has 3 aliphatic carbocycles. The van der Waals surface area contributed by atoms with E-state index in [1.165, 1.54) is 18.6 Å². The van der Waals surface area contributed by atoms with Crippen LogP contribution in [-0.4, -0.2) is 15.2 Å². The predicted octanol–water partition coefficient (Wildman–Crippen LogP) is 7.02. The van der Waals surface area contributed by atoms with E-state index >= 15 is 0 Å². The van der Waals surface area contributed by atoms with Gasteiger partial charge < -0.3 is 10.2 Å². The second kappa shape index (κ2) is 8.49. The molecular weight excluding hydrogens is 439 g/mol. The monoisotopic (exact) mass is 471 g/mol. The average Bonchev–Trinajstić information content (AvgIpc) is 3.30. The molecule has 5 rings (SSSR count). The summed E-state index contributed by atoms with van der Waals surface area (Å²) >= 11 is 0. The predicted molar refractivity (Wildman–Crippen MR) is 125 cm³/mol. The van der Waals surface area contributed by atoms with Crippen molar-refractivity contribution in [2.45, 2.75) is 89.5 Å². The number of alkyl halides is 3. The highest BCUT2D eigenvalue weighted by molar-refractivity contribution is 5.75. The van der Waals surface area contributed by atoms with Crippen LogP contribution in [0.5, 0.6) is 0 Å². The second-order valence-electron chi connectivity index (χ2n) is 10.7. The van der Waals surface area contributed by atoms with Crippen molar-refractivity contribution < 1.29 is 23.4 Å². The van der Waals surface area contributed by atoms with Crippen molar-refractivity contribution in [1.29, 1.82) is 0 Å². The molecule has 0 saturated heterocycles. The summed E-state index contributed by atoms with van der Waals surface area (Å²) in [5, 5.41) is 22.9. The average molecular weight is 472 g/mol. The molecule has 0 unspecified atom stereocenters. The first-order chi connectivity index (χ1) is 16.1. The fourth-order valence-corrected chi connectivity index (χ4v) is 6.16. The van der Waals surface area contributed by atoms with Gasteiger partial charge in [0, 0.05) is 22.5 Å². The standard InChI is InChI=1S/C28H32F3NO2/c1-16(2)25-24(26(34)18-8-10-19(11-9-18)28(29,30)31)22(17-6-3-4-7-17)23-20(32-25)14-27(12-5-13-27)15-21(23)33/h6,8-11,16,21,26,33-34H,3-5,7,12-15H2,1-2H3/t21-,26+/m0/s1. The first kappa shape index (κ1) is 23.6. The Morgan fingerprint density at radius 2 is 1.79 bits per heavy atom. The number of hydrogen-bond acceptors (Lipinski definition) is 3. The minimum Gasteiger partial charge on any atom is -0.388 e. The van der Waals surface area contributed by atoms with Crippen LogP contribution in [0, 0.1) is 5.41 Å². The van der Waals surface area contributed by atoms with Crippen molar-refractivity contribution in [1.82, 2.24) is 4.98 Å². The molecule has 3 nitrogen and oxygen atoms in total. The van der Waals surface area contributed by atoms with Gasteiger partial charge in [0.1, 0.15) is 6.10 Å². The van der Waals surface area contributed by atoms with E-state index in [9.17, 15) is 23.4 Å². The first-order valence-corrected chi connectivity index (χ1v) is 12.4. The van der Waals surface area contributed by atoms with Gasteiger partial charge in [-0.2, -0.15) is 13.2 Å². The summed E-state index contributed by atoms with van der Waals surface area (Å²) in [4.78, 5) is 5.05. The molecule has 34 heavy (non-hydrogen) atoms. The molecular formula is C28H32F3NO2. The molecule has 1 aromatic heterocycles. The zero-order chi connectivity index (χ0) is 24.3. The Kier molecular flexibility index (Phi) is 5.88. The molecule has 182 valence electrons. The Bertz CT molecular complexity index is 1110. The van der Waals surface area contributed by atoms with Gasteiger partial charge >= 0.3 is 6.18 Å². The summed E-state index contributed by atoms with van der Waals surface area (Å²) in [6.07, 6.45) is 3.75. The van der Waals surface area contributed by atoms with Gasteiger partial charge in [0.25, 0.3) is 0 Å². The summed E-state index contributed by atoms with van der Waals surface area (Å²) in [7, 11) is 0. The topological polar surface area (TPSA) is 53.4 Å². The maximum absolute atomic E-state index is 13.1. The van der Waals surface area contributed by atoms with Crippen LogP contribution in [0.3, 0.4) is 0 Å². The highest BCUT2D eigenvalue weighted by Crippen LogP contribution is 2.55. The second-order valence-corrected chi connectivity index (χ2v) is 10.7. The summed E-state index contributed by atoms with van der Waals surface area (Å²) < 4.78 is 39.3. The molecule has 0 bridgehead atoms. The van der Waals surface area contributed by atoms with Crippen LogP contribution in [0.4, 0.5) is 13.2 Å². The normalized spacial score (nSPS) is 22.5. The summed E-state index contributed by atoms with van der Waals surface area (Å²) in [6, 6.07) is 4.74. The summed E-state index contributed by atoms with van der Waals surface area (Å²) in [6.45, 7) is 4.06. The Labute approximate surface area is 198 Å². The number of aromatic nitrogens is 1. The van der Waals surface area contributed by atoms with Gasteiger partial charge in [-0.25, -0.2) is 0 Å². The Hall–Kier alpha value is -2.18. The number of rotatable bonds is 4. The third kappa shape index (κ3) is 3.99. The lowest BCUT2D eigenvalue weighted by molar-refractivity contribution is -0.137. The number of aliphatic hydroxyl groups excluding tert-OH is 2. The van der Waals surface area contributed by atoms with Gasteiger partial charge in [0.05, 0.1) is 11.7 Å². The van der Waals surface area contributed by atoms with Crippen LogP contribution in [0.1, 0.15) is 116 Å². The number of allylic oxidation sites excluding steroid dienone is 2. The highest BCUT2D eigenvalue weighted by Gasteiger charge is 2.45. The van der Waals surface area contributed by atoms with E-state index in [0.717, 1.165) is 78.7 Å². The van der Waals surface area contributed by atoms with Gasteiger partial charge in [-0.3, -0.25) is 4.98 Å². The third-order valence-electron chi connectivity index (χ3n) is 8.03. The van der Waals surface area contributed by atoms with Crippen LogP contribution in [-0.2, 0) is 12.6 Å². The minimum atomic E-state index is -4.43. The molecule has 6 heteroatoms. The Balaban J connectivity index is 1.69. The molecule has 0 radical (unpaired) electrons. The Morgan fingerprint density at radius 3 is 2.32 bits per heavy atom. The lowest BCUT2D eigenvalue weighted by Gasteiger charge is -2.47. The number of fused-ring (bicyclic) bond motifs is 1. The Morgan fingerprint density at radius 1 is 1.09 bits per heavy atom. The van der Waals surface area contributed by atoms with Gasteiger partial charge in [0.2, 0.25) is 0 Å². The number of nitrogens with zero attached hydrogens (tertiary/aromatic N) is 1. The van der Waals surface area contributed by atoms with Crippen molar-refractivity contribution in [3.05, 3.63) is 69.5 Å².